The van der Waals surface area contributed by atoms with Crippen molar-refractivity contribution >= 4 is 35.3 Å². The highest BCUT2D eigenvalue weighted by molar-refractivity contribution is 7.80. The van der Waals surface area contributed by atoms with Crippen LogP contribution in [0, 0.1) is 6.92 Å². The number of benzene rings is 1. The van der Waals surface area contributed by atoms with Gasteiger partial charge in [-0.05, 0) is 42.9 Å². The number of phenols is 1. The molecule has 4 N–H and O–H groups in total. The molecule has 1 aromatic carbocycles. The van der Waals surface area contributed by atoms with Gasteiger partial charge in [0.05, 0.1) is 0 Å². The minimum atomic E-state index is -1.21. The second kappa shape index (κ2) is 5.82. The van der Waals surface area contributed by atoms with Crippen molar-refractivity contribution in [1.29, 1.82) is 0 Å². The molecule has 24 heavy (non-hydrogen) atoms. The second-order valence-electron chi connectivity index (χ2n) is 5.16. The van der Waals surface area contributed by atoms with Gasteiger partial charge in [0, 0.05) is 11.6 Å². The number of aromatic hydroxyl groups is 1. The van der Waals surface area contributed by atoms with Crippen LogP contribution in [0.3, 0.4) is 0 Å². The Morgan fingerprint density at radius 1 is 1.29 bits per heavy atom. The number of amides is 1. The van der Waals surface area contributed by atoms with Gasteiger partial charge in [0.2, 0.25) is 0 Å². The molecule has 1 aliphatic heterocycles. The summed E-state index contributed by atoms with van der Waals surface area (Å²) in [5.41, 5.74) is 1.37. The molecule has 0 unspecified atom stereocenters. The van der Waals surface area contributed by atoms with Crippen LogP contribution < -0.4 is 10.6 Å². The molecule has 0 bridgehead atoms. The van der Waals surface area contributed by atoms with E-state index >= 15 is 0 Å². The summed E-state index contributed by atoms with van der Waals surface area (Å²) in [6.45, 7) is 1.80. The van der Waals surface area contributed by atoms with E-state index in [4.69, 9.17) is 21.7 Å². The van der Waals surface area contributed by atoms with Gasteiger partial charge in [-0.25, -0.2) is 4.79 Å². The smallest absolute Gasteiger partial charge is 0.339 e. The van der Waals surface area contributed by atoms with Gasteiger partial charge in [0.25, 0.3) is 5.91 Å². The molecule has 2 heterocycles. The summed E-state index contributed by atoms with van der Waals surface area (Å²) in [5, 5.41) is 24.1. The maximum Gasteiger partial charge on any atom is 0.339 e. The first-order valence-corrected chi connectivity index (χ1v) is 7.27. The van der Waals surface area contributed by atoms with Crippen LogP contribution in [0.25, 0.3) is 17.4 Å². The van der Waals surface area contributed by atoms with Crippen LogP contribution in [0.5, 0.6) is 5.75 Å². The normalized spacial score (nSPS) is 15.5. The molecule has 0 spiro atoms. The van der Waals surface area contributed by atoms with E-state index in [1.54, 1.807) is 13.0 Å². The van der Waals surface area contributed by atoms with E-state index in [0.29, 0.717) is 17.1 Å². The lowest BCUT2D eigenvalue weighted by atomic mass is 10.1. The maximum absolute atomic E-state index is 11.7. The van der Waals surface area contributed by atoms with Gasteiger partial charge < -0.3 is 19.9 Å². The Bertz CT molecular complexity index is 913. The van der Waals surface area contributed by atoms with E-state index in [0.717, 1.165) is 5.56 Å². The average molecular weight is 344 g/mol. The molecule has 1 saturated heterocycles. The van der Waals surface area contributed by atoms with Gasteiger partial charge >= 0.3 is 5.97 Å². The van der Waals surface area contributed by atoms with Crippen molar-refractivity contribution in [3.63, 3.8) is 0 Å². The number of aromatic carboxylic acids is 1. The van der Waals surface area contributed by atoms with Crippen LogP contribution in [0.2, 0.25) is 0 Å². The highest BCUT2D eigenvalue weighted by Crippen LogP contribution is 2.30. The lowest BCUT2D eigenvalue weighted by Crippen LogP contribution is -2.21. The van der Waals surface area contributed by atoms with Crippen LogP contribution in [0.1, 0.15) is 21.7 Å². The zero-order valence-corrected chi connectivity index (χ0v) is 13.2. The summed E-state index contributed by atoms with van der Waals surface area (Å²) < 4.78 is 5.70. The SMILES string of the molecule is Cc1cc(-c2ccc(C(=O)O)c(O)c2)oc1/C=C1\NC(=S)NC1=O. The number of carboxylic acids is 1. The van der Waals surface area contributed by atoms with Gasteiger partial charge in [-0.2, -0.15) is 0 Å². The van der Waals surface area contributed by atoms with Gasteiger partial charge in [-0.15, -0.1) is 0 Å². The van der Waals surface area contributed by atoms with Crippen LogP contribution >= 0.6 is 12.2 Å². The minimum Gasteiger partial charge on any atom is -0.507 e. The molecule has 8 heteroatoms. The number of carbonyl (C=O) groups excluding carboxylic acids is 1. The van der Waals surface area contributed by atoms with Gasteiger partial charge in [0.1, 0.15) is 28.5 Å². The number of hydrogen-bond acceptors (Lipinski definition) is 5. The Kier molecular flexibility index (Phi) is 3.82. The number of aryl methyl sites for hydroxylation is 1. The molecule has 2 aromatic rings. The van der Waals surface area contributed by atoms with E-state index in [2.05, 4.69) is 10.6 Å². The number of nitrogens with one attached hydrogen (secondary N) is 2. The molecule has 1 amide bonds. The van der Waals surface area contributed by atoms with Crippen molar-refractivity contribution in [1.82, 2.24) is 10.6 Å². The predicted molar refractivity (Wildman–Crippen MR) is 89.4 cm³/mol. The van der Waals surface area contributed by atoms with Crippen LogP contribution in [0.15, 0.2) is 34.4 Å². The summed E-state index contributed by atoms with van der Waals surface area (Å²) in [5.74, 6) is -1.02. The van der Waals surface area contributed by atoms with E-state index < -0.39 is 5.97 Å². The molecular weight excluding hydrogens is 332 g/mol. The fourth-order valence-electron chi connectivity index (χ4n) is 2.26. The summed E-state index contributed by atoms with van der Waals surface area (Å²) in [6.07, 6.45) is 1.53. The number of hydrogen-bond donors (Lipinski definition) is 4. The Balaban J connectivity index is 1.96. The zero-order valence-electron chi connectivity index (χ0n) is 12.4. The lowest BCUT2D eigenvalue weighted by Gasteiger charge is -2.02. The third kappa shape index (κ3) is 2.86. The topological polar surface area (TPSA) is 112 Å². The van der Waals surface area contributed by atoms with Crippen molar-refractivity contribution in [2.24, 2.45) is 0 Å². The fraction of sp³-hybridized carbons (Fsp3) is 0.0625. The van der Waals surface area contributed by atoms with Crippen molar-refractivity contribution in [2.75, 3.05) is 0 Å². The third-order valence-electron chi connectivity index (χ3n) is 3.46. The van der Waals surface area contributed by atoms with E-state index in [9.17, 15) is 14.7 Å². The van der Waals surface area contributed by atoms with Crippen molar-refractivity contribution in [3.8, 4) is 17.1 Å². The Morgan fingerprint density at radius 3 is 2.62 bits per heavy atom. The molecule has 7 nitrogen and oxygen atoms in total. The molecule has 0 radical (unpaired) electrons. The Hall–Kier alpha value is -3.13. The fourth-order valence-corrected chi connectivity index (χ4v) is 2.46. The summed E-state index contributed by atoms with van der Waals surface area (Å²) in [4.78, 5) is 22.6. The Morgan fingerprint density at radius 2 is 2.04 bits per heavy atom. The van der Waals surface area contributed by atoms with E-state index in [1.165, 1.54) is 24.3 Å². The van der Waals surface area contributed by atoms with Gasteiger partial charge in [-0.3, -0.25) is 10.1 Å². The molecule has 0 aliphatic carbocycles. The van der Waals surface area contributed by atoms with Gasteiger partial charge in [-0.1, -0.05) is 6.07 Å². The molecule has 0 atom stereocenters. The number of thiocarbonyl (C=S) groups is 1. The summed E-state index contributed by atoms with van der Waals surface area (Å²) in [6, 6.07) is 5.88. The molecule has 1 aliphatic rings. The molecule has 1 fully saturated rings. The number of rotatable bonds is 3. The van der Waals surface area contributed by atoms with Crippen molar-refractivity contribution < 1.29 is 24.2 Å². The number of carboxylic acid groups (broad SMARTS) is 1. The van der Waals surface area contributed by atoms with Gasteiger partial charge in [0.15, 0.2) is 5.11 Å². The van der Waals surface area contributed by atoms with Crippen LogP contribution in [-0.4, -0.2) is 27.2 Å². The highest BCUT2D eigenvalue weighted by Gasteiger charge is 2.21. The first kappa shape index (κ1) is 15.8. The summed E-state index contributed by atoms with van der Waals surface area (Å²) >= 11 is 4.86. The zero-order chi connectivity index (χ0) is 17.4. The average Bonchev–Trinajstić information content (AvgIpc) is 3.02. The standard InChI is InChI=1S/C16H12N2O5S/c1-7-4-13(8-2-3-9(15(21)22)11(19)5-8)23-12(7)6-10-14(20)18-16(24)17-10/h2-6,19H,1H3,(H,21,22)(H2,17,18,20,24)/b10-6-. The summed E-state index contributed by atoms with van der Waals surface area (Å²) in [7, 11) is 0. The highest BCUT2D eigenvalue weighted by atomic mass is 32.1. The monoisotopic (exact) mass is 344 g/mol. The number of furan rings is 1. The third-order valence-corrected chi connectivity index (χ3v) is 3.67. The van der Waals surface area contributed by atoms with Crippen LogP contribution in [0.4, 0.5) is 0 Å². The van der Waals surface area contributed by atoms with E-state index in [1.807, 2.05) is 0 Å². The molecular formula is C16H12N2O5S. The first-order valence-electron chi connectivity index (χ1n) is 6.86. The maximum atomic E-state index is 11.7. The molecule has 122 valence electrons. The molecule has 1 aromatic heterocycles. The first-order chi connectivity index (χ1) is 11.3. The van der Waals surface area contributed by atoms with Crippen molar-refractivity contribution in [3.05, 3.63) is 46.8 Å². The second-order valence-corrected chi connectivity index (χ2v) is 5.57. The lowest BCUT2D eigenvalue weighted by molar-refractivity contribution is -0.115. The van der Waals surface area contributed by atoms with Crippen LogP contribution in [-0.2, 0) is 4.79 Å². The van der Waals surface area contributed by atoms with E-state index in [-0.39, 0.29) is 28.0 Å². The molecule has 3 rings (SSSR count). The minimum absolute atomic E-state index is 0.190. The molecule has 0 saturated carbocycles. The van der Waals surface area contributed by atoms with Crippen molar-refractivity contribution in [2.45, 2.75) is 6.92 Å². The largest absolute Gasteiger partial charge is 0.507 e. The predicted octanol–water partition coefficient (Wildman–Crippen LogP) is 2.00. The number of carbonyl (C=O) groups is 2. The Labute approximate surface area is 141 Å². The quantitative estimate of drug-likeness (QED) is 0.498.